The van der Waals surface area contributed by atoms with Crippen molar-refractivity contribution in [2.75, 3.05) is 14.7 Å². The first-order valence-electron chi connectivity index (χ1n) is 22.8. The molecular formula is C61H49N4OPtTe-3. The van der Waals surface area contributed by atoms with E-state index in [4.69, 9.17) is 9.72 Å². The van der Waals surface area contributed by atoms with Crippen molar-refractivity contribution in [3.05, 3.63) is 236 Å². The molecule has 0 aliphatic carbocycles. The first-order chi connectivity index (χ1) is 32.6. The molecule has 338 valence electrons. The van der Waals surface area contributed by atoms with E-state index in [1.807, 2.05) is 18.3 Å². The summed E-state index contributed by atoms with van der Waals surface area (Å²) >= 11 is -0.697. The molecule has 0 radical (unpaired) electrons. The maximum absolute atomic E-state index is 6.75. The normalized spacial score (nSPS) is 13.0. The van der Waals surface area contributed by atoms with Crippen molar-refractivity contribution in [3.63, 3.8) is 0 Å². The summed E-state index contributed by atoms with van der Waals surface area (Å²) in [6, 6.07) is 76.4. The van der Waals surface area contributed by atoms with E-state index in [1.165, 1.54) is 35.0 Å². The average Bonchev–Trinajstić information content (AvgIpc) is 3.75. The summed E-state index contributed by atoms with van der Waals surface area (Å²) in [5, 5.41) is 0. The zero-order valence-corrected chi connectivity index (χ0v) is 43.2. The fourth-order valence-electron chi connectivity index (χ4n) is 9.15. The van der Waals surface area contributed by atoms with Crippen LogP contribution in [0.4, 0.5) is 39.9 Å². The maximum atomic E-state index is 6.75. The Hall–Kier alpha value is -6.41. The number of benzene rings is 8. The Labute approximate surface area is 425 Å². The number of para-hydroxylation sites is 3. The third-order valence-corrected chi connectivity index (χ3v) is 16.0. The zero-order valence-electron chi connectivity index (χ0n) is 38.6. The van der Waals surface area contributed by atoms with Crippen molar-refractivity contribution in [3.8, 4) is 33.8 Å². The van der Waals surface area contributed by atoms with Gasteiger partial charge >= 0.3 is 275 Å². The average molecular weight is 1180 g/mol. The molecule has 0 N–H and O–H groups in total. The second kappa shape index (κ2) is 18.6. The van der Waals surface area contributed by atoms with Crippen molar-refractivity contribution in [2.24, 2.45) is 0 Å². The van der Waals surface area contributed by atoms with Crippen LogP contribution < -0.4 is 26.7 Å². The quantitative estimate of drug-likeness (QED) is 0.106. The molecular weight excluding hydrogens is 1130 g/mol. The van der Waals surface area contributed by atoms with E-state index in [9.17, 15) is 0 Å². The van der Waals surface area contributed by atoms with Crippen LogP contribution in [0.1, 0.15) is 51.3 Å². The van der Waals surface area contributed by atoms with Crippen LogP contribution in [0, 0.1) is 18.8 Å². The predicted molar refractivity (Wildman–Crippen MR) is 278 cm³/mol. The van der Waals surface area contributed by atoms with Gasteiger partial charge in [0.25, 0.3) is 0 Å². The van der Waals surface area contributed by atoms with Crippen molar-refractivity contribution in [2.45, 2.75) is 45.4 Å². The minimum atomic E-state index is -0.697. The number of nitrogens with zero attached hydrogens (tertiary/aromatic N) is 4. The molecule has 9 aromatic rings. The number of pyridine rings is 1. The Balaban J connectivity index is 0.00000539. The van der Waals surface area contributed by atoms with Gasteiger partial charge in [-0.05, 0) is 34.2 Å². The zero-order chi connectivity index (χ0) is 45.7. The van der Waals surface area contributed by atoms with Gasteiger partial charge < -0.3 is 0 Å². The van der Waals surface area contributed by atoms with Gasteiger partial charge in [0.2, 0.25) is 0 Å². The number of anilines is 7. The molecule has 0 spiro atoms. The Morgan fingerprint density at radius 3 is 1.76 bits per heavy atom. The Morgan fingerprint density at radius 1 is 0.515 bits per heavy atom. The number of ether oxygens (including phenoxy) is 1. The molecule has 11 rings (SSSR count). The SMILES string of the molecule is CC(C)(C)c1cc(-c2ccccc2)c(N2[CH-]N(c3[c-]c(Oc4[c-]c5c(cc4)[Te]c4ccccc4N5c4cc(C(C)(C)c5ccccc5)ccn4)ccc3)c3ccccc32)c(-c2ccccc2)c1.[Pt]. The van der Waals surface area contributed by atoms with Crippen molar-refractivity contribution in [1.82, 2.24) is 4.98 Å². The number of rotatable bonds is 9. The monoisotopic (exact) mass is 1180 g/mol. The van der Waals surface area contributed by atoms with Crippen molar-refractivity contribution in [1.29, 1.82) is 0 Å². The Bertz CT molecular complexity index is 3200. The smallest absolute Gasteiger partial charge is 0.00382 e. The summed E-state index contributed by atoms with van der Waals surface area (Å²) in [5.41, 5.74) is 14.4. The molecule has 8 aromatic carbocycles. The first kappa shape index (κ1) is 45.4. The summed E-state index contributed by atoms with van der Waals surface area (Å²) in [6.07, 6.45) is 1.93. The Morgan fingerprint density at radius 2 is 1.10 bits per heavy atom. The second-order valence-electron chi connectivity index (χ2n) is 18.6. The minimum absolute atomic E-state index is 0. The van der Waals surface area contributed by atoms with Crippen molar-refractivity contribution < 1.29 is 25.8 Å². The summed E-state index contributed by atoms with van der Waals surface area (Å²) < 4.78 is 9.40. The molecule has 2 aliphatic heterocycles. The number of hydrogen-bond donors (Lipinski definition) is 0. The third kappa shape index (κ3) is 8.56. The van der Waals surface area contributed by atoms with Crippen molar-refractivity contribution >= 4 is 68.1 Å². The van der Waals surface area contributed by atoms with E-state index in [0.29, 0.717) is 11.5 Å². The second-order valence-corrected chi connectivity index (χ2v) is 21.7. The van der Waals surface area contributed by atoms with E-state index >= 15 is 0 Å². The van der Waals surface area contributed by atoms with E-state index in [0.717, 1.165) is 51.1 Å². The Kier molecular flexibility index (Phi) is 12.4. The maximum Gasteiger partial charge on any atom is 0.00382 e. The van der Waals surface area contributed by atoms with Gasteiger partial charge in [0.05, 0.1) is 0 Å². The summed E-state index contributed by atoms with van der Waals surface area (Å²) in [4.78, 5) is 11.8. The van der Waals surface area contributed by atoms with E-state index in [2.05, 4.69) is 250 Å². The molecule has 68 heavy (non-hydrogen) atoms. The summed E-state index contributed by atoms with van der Waals surface area (Å²) in [6.45, 7) is 13.6. The van der Waals surface area contributed by atoms with Crippen LogP contribution in [0.25, 0.3) is 22.3 Å². The molecule has 0 saturated heterocycles. The van der Waals surface area contributed by atoms with Gasteiger partial charge in [-0.1, -0.05) is 87.5 Å². The van der Waals surface area contributed by atoms with E-state index in [1.54, 1.807) is 0 Å². The van der Waals surface area contributed by atoms with Gasteiger partial charge in [-0.25, -0.2) is 0 Å². The van der Waals surface area contributed by atoms with Gasteiger partial charge in [-0.15, -0.1) is 0 Å². The fourth-order valence-corrected chi connectivity index (χ4v) is 12.1. The molecule has 0 amide bonds. The number of fused-ring (bicyclic) bond motifs is 3. The first-order valence-corrected chi connectivity index (χ1v) is 25.1. The van der Waals surface area contributed by atoms with Crippen LogP contribution in [0.3, 0.4) is 0 Å². The third-order valence-electron chi connectivity index (χ3n) is 12.9. The van der Waals surface area contributed by atoms with Gasteiger partial charge in [0.1, 0.15) is 0 Å². The molecule has 2 aliphatic rings. The molecule has 1 aromatic heterocycles. The molecule has 0 atom stereocenters. The molecule has 0 bridgehead atoms. The largest absolute Gasteiger partial charge is 0.0622 e. The standard InChI is InChI=1S/C61H49N4OTe.Pt/c1-60(2,3)46-36-50(42-20-9-6-10-21-42)59(51(37-46)43-22-11-7-12-23-43)64-41-63(52-28-15-16-29-53(52)64)47-26-19-27-48(39-47)66-49-32-33-57-55(40-49)65(54-30-17-18-31-56(54)67-57)58-38-45(34-35-62-58)61(4,5)44-24-13-8-14-25-44;/h6-38,41H,1-5H3;/q-3;. The molecule has 0 fully saturated rings. The van der Waals surface area contributed by atoms with Crippen LogP contribution in [0.2, 0.25) is 0 Å². The van der Waals surface area contributed by atoms with E-state index in [-0.39, 0.29) is 31.9 Å². The fraction of sp³-hybridized carbons (Fsp3) is 0.115. The van der Waals surface area contributed by atoms with Gasteiger partial charge in [0, 0.05) is 32.2 Å². The molecule has 3 heterocycles. The molecule has 0 unspecified atom stereocenters. The number of aromatic nitrogens is 1. The summed E-state index contributed by atoms with van der Waals surface area (Å²) in [7, 11) is 0. The minimum Gasteiger partial charge on any atom is -0.0622 e. The molecule has 5 nitrogen and oxygen atoms in total. The van der Waals surface area contributed by atoms with Crippen LogP contribution >= 0.6 is 0 Å². The van der Waals surface area contributed by atoms with Crippen LogP contribution in [-0.4, -0.2) is 25.9 Å². The van der Waals surface area contributed by atoms with Crippen LogP contribution in [0.5, 0.6) is 11.5 Å². The van der Waals surface area contributed by atoms with Gasteiger partial charge in [-0.3, -0.25) is 0 Å². The van der Waals surface area contributed by atoms with E-state index < -0.39 is 20.9 Å². The van der Waals surface area contributed by atoms with Crippen LogP contribution in [-0.2, 0) is 31.9 Å². The predicted octanol–water partition coefficient (Wildman–Crippen LogP) is 14.3. The summed E-state index contributed by atoms with van der Waals surface area (Å²) in [5.74, 6) is 2.08. The van der Waals surface area contributed by atoms with Gasteiger partial charge in [0.15, 0.2) is 0 Å². The number of hydrogen-bond acceptors (Lipinski definition) is 5. The molecule has 0 saturated carbocycles. The molecule has 7 heteroatoms. The van der Waals surface area contributed by atoms with Crippen LogP contribution in [0.15, 0.2) is 200 Å². The topological polar surface area (TPSA) is 31.8 Å². The van der Waals surface area contributed by atoms with Gasteiger partial charge in [-0.2, -0.15) is 0 Å².